The fraction of sp³-hybridized carbons (Fsp3) is 0.545. The molecule has 1 aromatic rings. The lowest BCUT2D eigenvalue weighted by Gasteiger charge is -2.21. The Morgan fingerprint density at radius 3 is 2.88 bits per heavy atom. The van der Waals surface area contributed by atoms with Gasteiger partial charge in [0, 0.05) is 25.0 Å². The number of halogens is 1. The molecule has 0 saturated carbocycles. The van der Waals surface area contributed by atoms with E-state index in [1.54, 1.807) is 12.1 Å². The minimum atomic E-state index is 0.363. The van der Waals surface area contributed by atoms with Crippen LogP contribution in [0.15, 0.2) is 12.1 Å². The van der Waals surface area contributed by atoms with E-state index < -0.39 is 0 Å². The van der Waals surface area contributed by atoms with Crippen molar-refractivity contribution in [1.29, 1.82) is 0 Å². The smallest absolute Gasteiger partial charge is 0.216 e. The van der Waals surface area contributed by atoms with Crippen LogP contribution in [0, 0.1) is 5.92 Å². The number of rotatable bonds is 3. The van der Waals surface area contributed by atoms with E-state index in [2.05, 4.69) is 4.98 Å². The summed E-state index contributed by atoms with van der Waals surface area (Å²) in [4.78, 5) is 4.05. The average molecular weight is 243 g/mol. The Kier molecular flexibility index (Phi) is 3.85. The van der Waals surface area contributed by atoms with Crippen molar-refractivity contribution in [3.8, 4) is 5.88 Å². The van der Waals surface area contributed by atoms with E-state index in [1.165, 1.54) is 0 Å². The van der Waals surface area contributed by atoms with Crippen molar-refractivity contribution in [3.63, 3.8) is 0 Å². The SMILES string of the molecule is Nc1cc(Cl)nc(OCC2CCOCC2)c1. The summed E-state index contributed by atoms with van der Waals surface area (Å²) in [5.41, 5.74) is 6.21. The van der Waals surface area contributed by atoms with Crippen LogP contribution >= 0.6 is 11.6 Å². The van der Waals surface area contributed by atoms with Crippen LogP contribution in [0.4, 0.5) is 5.69 Å². The quantitative estimate of drug-likeness (QED) is 0.825. The highest BCUT2D eigenvalue weighted by molar-refractivity contribution is 6.29. The predicted molar refractivity (Wildman–Crippen MR) is 62.7 cm³/mol. The Hall–Kier alpha value is -1.00. The van der Waals surface area contributed by atoms with Crippen molar-refractivity contribution in [2.45, 2.75) is 12.8 Å². The highest BCUT2D eigenvalue weighted by Gasteiger charge is 2.14. The molecular weight excluding hydrogens is 228 g/mol. The molecule has 2 N–H and O–H groups in total. The van der Waals surface area contributed by atoms with Gasteiger partial charge >= 0.3 is 0 Å². The van der Waals surface area contributed by atoms with Gasteiger partial charge in [0.05, 0.1) is 6.61 Å². The number of nitrogens with two attached hydrogens (primary N) is 1. The number of hydrogen-bond donors (Lipinski definition) is 1. The molecule has 16 heavy (non-hydrogen) atoms. The molecule has 0 amide bonds. The van der Waals surface area contributed by atoms with Gasteiger partial charge in [-0.3, -0.25) is 0 Å². The Morgan fingerprint density at radius 1 is 1.44 bits per heavy atom. The summed E-state index contributed by atoms with van der Waals surface area (Å²) >= 11 is 5.78. The molecule has 0 aliphatic carbocycles. The molecule has 88 valence electrons. The van der Waals surface area contributed by atoms with E-state index in [-0.39, 0.29) is 0 Å². The second-order valence-electron chi connectivity index (χ2n) is 3.93. The van der Waals surface area contributed by atoms with Crippen molar-refractivity contribution in [1.82, 2.24) is 4.98 Å². The first-order valence-electron chi connectivity index (χ1n) is 5.37. The maximum absolute atomic E-state index is 5.78. The van der Waals surface area contributed by atoms with Crippen LogP contribution in [0.25, 0.3) is 0 Å². The van der Waals surface area contributed by atoms with Gasteiger partial charge in [-0.2, -0.15) is 0 Å². The zero-order valence-corrected chi connectivity index (χ0v) is 9.74. The van der Waals surface area contributed by atoms with E-state index in [0.717, 1.165) is 26.1 Å². The maximum atomic E-state index is 5.78. The number of hydrogen-bond acceptors (Lipinski definition) is 4. The minimum Gasteiger partial charge on any atom is -0.477 e. The molecule has 1 aliphatic heterocycles. The van der Waals surface area contributed by atoms with Crippen LogP contribution in [-0.4, -0.2) is 24.8 Å². The first kappa shape index (κ1) is 11.5. The highest BCUT2D eigenvalue weighted by Crippen LogP contribution is 2.20. The molecule has 0 unspecified atom stereocenters. The van der Waals surface area contributed by atoms with Crippen molar-refractivity contribution in [2.24, 2.45) is 5.92 Å². The normalized spacial score (nSPS) is 17.3. The summed E-state index contributed by atoms with van der Waals surface area (Å²) in [5, 5.41) is 0.363. The molecule has 1 aliphatic rings. The van der Waals surface area contributed by atoms with E-state index in [1.807, 2.05) is 0 Å². The topological polar surface area (TPSA) is 57.4 Å². The molecule has 0 aromatic carbocycles. The van der Waals surface area contributed by atoms with Crippen LogP contribution in [-0.2, 0) is 4.74 Å². The van der Waals surface area contributed by atoms with Gasteiger partial charge in [0.25, 0.3) is 0 Å². The molecule has 1 aromatic heterocycles. The fourth-order valence-electron chi connectivity index (χ4n) is 1.68. The molecule has 1 saturated heterocycles. The second-order valence-corrected chi connectivity index (χ2v) is 4.32. The van der Waals surface area contributed by atoms with Gasteiger partial charge in [-0.25, -0.2) is 4.98 Å². The highest BCUT2D eigenvalue weighted by atomic mass is 35.5. The lowest BCUT2D eigenvalue weighted by molar-refractivity contribution is 0.0490. The molecule has 0 radical (unpaired) electrons. The molecule has 0 spiro atoms. The predicted octanol–water partition coefficient (Wildman–Crippen LogP) is 2.12. The van der Waals surface area contributed by atoms with Crippen LogP contribution in [0.2, 0.25) is 5.15 Å². The summed E-state index contributed by atoms with van der Waals surface area (Å²) < 4.78 is 10.9. The first-order valence-corrected chi connectivity index (χ1v) is 5.75. The molecule has 5 heteroatoms. The number of nitrogens with zero attached hydrogens (tertiary/aromatic N) is 1. The van der Waals surface area contributed by atoms with Crippen LogP contribution < -0.4 is 10.5 Å². The summed E-state index contributed by atoms with van der Waals surface area (Å²) in [7, 11) is 0. The fourth-order valence-corrected chi connectivity index (χ4v) is 1.89. The van der Waals surface area contributed by atoms with Gasteiger partial charge in [0.2, 0.25) is 5.88 Å². The van der Waals surface area contributed by atoms with Gasteiger partial charge in [-0.15, -0.1) is 0 Å². The number of anilines is 1. The van der Waals surface area contributed by atoms with E-state index in [0.29, 0.717) is 29.2 Å². The third kappa shape index (κ3) is 3.25. The maximum Gasteiger partial charge on any atom is 0.216 e. The van der Waals surface area contributed by atoms with Crippen LogP contribution in [0.1, 0.15) is 12.8 Å². The summed E-state index contributed by atoms with van der Waals surface area (Å²) in [6.45, 7) is 2.29. The minimum absolute atomic E-state index is 0.363. The number of ether oxygens (including phenoxy) is 2. The van der Waals surface area contributed by atoms with Crippen LogP contribution in [0.3, 0.4) is 0 Å². The van der Waals surface area contributed by atoms with Crippen molar-refractivity contribution in [3.05, 3.63) is 17.3 Å². The van der Waals surface area contributed by atoms with Gasteiger partial charge in [0.1, 0.15) is 5.15 Å². The Morgan fingerprint density at radius 2 is 2.19 bits per heavy atom. The van der Waals surface area contributed by atoms with Gasteiger partial charge in [-0.05, 0) is 24.8 Å². The lowest BCUT2D eigenvalue weighted by Crippen LogP contribution is -2.21. The monoisotopic (exact) mass is 242 g/mol. The van der Waals surface area contributed by atoms with Gasteiger partial charge in [0.15, 0.2) is 0 Å². The second kappa shape index (κ2) is 5.37. The third-order valence-corrected chi connectivity index (χ3v) is 2.79. The van der Waals surface area contributed by atoms with Crippen molar-refractivity contribution < 1.29 is 9.47 Å². The van der Waals surface area contributed by atoms with Crippen molar-refractivity contribution >= 4 is 17.3 Å². The molecule has 0 bridgehead atoms. The van der Waals surface area contributed by atoms with Crippen molar-refractivity contribution in [2.75, 3.05) is 25.6 Å². The van der Waals surface area contributed by atoms with E-state index in [9.17, 15) is 0 Å². The third-order valence-electron chi connectivity index (χ3n) is 2.60. The zero-order chi connectivity index (χ0) is 11.4. The first-order chi connectivity index (χ1) is 7.74. The Balaban J connectivity index is 1.88. The van der Waals surface area contributed by atoms with Gasteiger partial charge < -0.3 is 15.2 Å². The summed E-state index contributed by atoms with van der Waals surface area (Å²) in [6.07, 6.45) is 2.08. The van der Waals surface area contributed by atoms with Crippen LogP contribution in [0.5, 0.6) is 5.88 Å². The molecule has 1 fully saturated rings. The number of aromatic nitrogens is 1. The zero-order valence-electron chi connectivity index (χ0n) is 8.99. The van der Waals surface area contributed by atoms with Gasteiger partial charge in [-0.1, -0.05) is 11.6 Å². The molecule has 0 atom stereocenters. The summed E-state index contributed by atoms with van der Waals surface area (Å²) in [6, 6.07) is 3.29. The Labute approximate surface area is 99.7 Å². The summed E-state index contributed by atoms with van der Waals surface area (Å²) in [5.74, 6) is 1.03. The lowest BCUT2D eigenvalue weighted by atomic mass is 10.0. The molecule has 2 rings (SSSR count). The van der Waals surface area contributed by atoms with E-state index >= 15 is 0 Å². The van der Waals surface area contributed by atoms with E-state index in [4.69, 9.17) is 26.8 Å². The Bertz CT molecular complexity index is 334. The molecule has 2 heterocycles. The average Bonchev–Trinajstić information content (AvgIpc) is 2.27. The largest absolute Gasteiger partial charge is 0.477 e. The standard InChI is InChI=1S/C11H15ClN2O2/c12-10-5-9(13)6-11(14-10)16-7-8-1-3-15-4-2-8/h5-6,8H,1-4,7H2,(H2,13,14). The molecule has 4 nitrogen and oxygen atoms in total. The number of nitrogen functional groups attached to an aromatic ring is 1. The molecular formula is C11H15ClN2O2. The number of pyridine rings is 1.